The predicted molar refractivity (Wildman–Crippen MR) is 85.1 cm³/mol. The molecule has 0 aromatic heterocycles. The maximum Gasteiger partial charge on any atom is 0.310 e. The Morgan fingerprint density at radius 1 is 1.30 bits per heavy atom. The molecule has 0 fully saturated rings. The number of oxime groups is 1. The molecule has 1 heterocycles. The van der Waals surface area contributed by atoms with E-state index in [0.29, 0.717) is 25.7 Å². The lowest BCUT2D eigenvalue weighted by Crippen LogP contribution is -2.24. The van der Waals surface area contributed by atoms with Gasteiger partial charge in [-0.1, -0.05) is 12.1 Å². The zero-order chi connectivity index (χ0) is 16.9. The lowest BCUT2D eigenvalue weighted by Gasteiger charge is -2.19. The van der Waals surface area contributed by atoms with Crippen LogP contribution in [0.2, 0.25) is 0 Å². The molecule has 1 aromatic carbocycles. The van der Waals surface area contributed by atoms with Crippen LogP contribution in [-0.2, 0) is 36.9 Å². The van der Waals surface area contributed by atoms with Gasteiger partial charge in [-0.15, -0.1) is 0 Å². The number of methoxy groups -OCH3 is 1. The Balaban J connectivity index is 2.00. The molecule has 1 aliphatic rings. The highest BCUT2D eigenvalue weighted by atomic mass is 16.7. The van der Waals surface area contributed by atoms with Crippen molar-refractivity contribution >= 4 is 11.9 Å². The number of rotatable bonds is 6. The van der Waals surface area contributed by atoms with Crippen molar-refractivity contribution < 1.29 is 23.8 Å². The zero-order valence-corrected chi connectivity index (χ0v) is 14.0. The van der Waals surface area contributed by atoms with Crippen molar-refractivity contribution in [2.45, 2.75) is 39.4 Å². The van der Waals surface area contributed by atoms with Gasteiger partial charge in [0.05, 0.1) is 13.0 Å². The number of carbonyl (C=O) groups excluding carboxylic acids is 1. The Hall–Kier alpha value is -2.08. The van der Waals surface area contributed by atoms with E-state index in [0.717, 1.165) is 16.7 Å². The first-order valence-corrected chi connectivity index (χ1v) is 7.55. The number of nitrogens with zero attached hydrogens (tertiary/aromatic N) is 1. The van der Waals surface area contributed by atoms with Gasteiger partial charge in [-0.05, 0) is 37.6 Å². The van der Waals surface area contributed by atoms with Gasteiger partial charge in [0.2, 0.25) is 0 Å². The van der Waals surface area contributed by atoms with Crippen LogP contribution in [0.1, 0.15) is 37.5 Å². The summed E-state index contributed by atoms with van der Waals surface area (Å²) in [5.41, 5.74) is 2.29. The Bertz CT molecular complexity index is 589. The molecule has 0 saturated heterocycles. The van der Waals surface area contributed by atoms with Crippen LogP contribution >= 0.6 is 0 Å². The van der Waals surface area contributed by atoms with Gasteiger partial charge in [0.1, 0.15) is 18.8 Å². The van der Waals surface area contributed by atoms with Crippen LogP contribution in [0.4, 0.5) is 0 Å². The molecule has 126 valence electrons. The molecule has 6 nitrogen and oxygen atoms in total. The Kier molecular flexibility index (Phi) is 5.60. The second-order valence-electron chi connectivity index (χ2n) is 6.27. The topological polar surface area (TPSA) is 66.3 Å². The number of fused-ring (bicyclic) bond motifs is 1. The Morgan fingerprint density at radius 3 is 2.78 bits per heavy atom. The number of hydrogen-bond donors (Lipinski definition) is 0. The van der Waals surface area contributed by atoms with Crippen molar-refractivity contribution in [1.82, 2.24) is 0 Å². The molecule has 6 heteroatoms. The summed E-state index contributed by atoms with van der Waals surface area (Å²) in [4.78, 5) is 17.0. The smallest absolute Gasteiger partial charge is 0.310 e. The summed E-state index contributed by atoms with van der Waals surface area (Å²) in [6, 6.07) is 5.71. The summed E-state index contributed by atoms with van der Waals surface area (Å²) >= 11 is 0. The molecule has 0 atom stereocenters. The number of benzene rings is 1. The zero-order valence-electron chi connectivity index (χ0n) is 14.0. The highest BCUT2D eigenvalue weighted by molar-refractivity contribution is 5.97. The summed E-state index contributed by atoms with van der Waals surface area (Å²) in [5.74, 6) is 0.216. The standard InChI is InChI=1S/C17H23NO5/c1-17(2,3)23-15(19)10-12-5-6-14-13(9-12)11-21-16(14)18-22-8-7-20-4/h5-6,9H,7-8,10-11H2,1-4H3/b18-16-. The average Bonchev–Trinajstić information content (AvgIpc) is 2.84. The van der Waals surface area contributed by atoms with Crippen LogP contribution in [0.3, 0.4) is 0 Å². The molecule has 0 radical (unpaired) electrons. The van der Waals surface area contributed by atoms with Gasteiger partial charge in [0, 0.05) is 18.2 Å². The second-order valence-corrected chi connectivity index (χ2v) is 6.27. The van der Waals surface area contributed by atoms with Gasteiger partial charge in [-0.2, -0.15) is 0 Å². The molecular weight excluding hydrogens is 298 g/mol. The molecular formula is C17H23NO5. The van der Waals surface area contributed by atoms with Gasteiger partial charge in [0.15, 0.2) is 0 Å². The minimum absolute atomic E-state index is 0.237. The van der Waals surface area contributed by atoms with E-state index in [2.05, 4.69) is 5.16 Å². The van der Waals surface area contributed by atoms with Gasteiger partial charge in [0.25, 0.3) is 5.90 Å². The van der Waals surface area contributed by atoms with Crippen LogP contribution in [0.15, 0.2) is 23.4 Å². The molecule has 0 amide bonds. The van der Waals surface area contributed by atoms with E-state index in [9.17, 15) is 4.79 Å². The van der Waals surface area contributed by atoms with E-state index in [1.165, 1.54) is 0 Å². The van der Waals surface area contributed by atoms with Crippen molar-refractivity contribution in [3.05, 3.63) is 34.9 Å². The highest BCUT2D eigenvalue weighted by Crippen LogP contribution is 2.22. The van der Waals surface area contributed by atoms with Crippen LogP contribution < -0.4 is 0 Å². The summed E-state index contributed by atoms with van der Waals surface area (Å²) in [7, 11) is 1.60. The monoisotopic (exact) mass is 321 g/mol. The molecule has 0 saturated carbocycles. The molecule has 0 aliphatic carbocycles. The number of carbonyl (C=O) groups is 1. The third-order valence-electron chi connectivity index (χ3n) is 3.06. The normalized spacial score (nSPS) is 15.2. The van der Waals surface area contributed by atoms with Crippen molar-refractivity contribution in [3.63, 3.8) is 0 Å². The second kappa shape index (κ2) is 7.46. The fourth-order valence-corrected chi connectivity index (χ4v) is 2.15. The lowest BCUT2D eigenvalue weighted by molar-refractivity contribution is -0.153. The minimum atomic E-state index is -0.476. The van der Waals surface area contributed by atoms with Gasteiger partial charge in [-0.25, -0.2) is 0 Å². The summed E-state index contributed by atoms with van der Waals surface area (Å²) in [6.45, 7) is 6.83. The first kappa shape index (κ1) is 17.3. The minimum Gasteiger partial charge on any atom is -0.470 e. The first-order chi connectivity index (χ1) is 10.9. The predicted octanol–water partition coefficient (Wildman–Crippen LogP) is 2.43. The molecule has 1 aromatic rings. The molecule has 23 heavy (non-hydrogen) atoms. The van der Waals surface area contributed by atoms with Crippen LogP contribution in [0, 0.1) is 0 Å². The van der Waals surface area contributed by atoms with Crippen molar-refractivity contribution in [2.75, 3.05) is 20.3 Å². The van der Waals surface area contributed by atoms with Crippen molar-refractivity contribution in [1.29, 1.82) is 0 Å². The number of hydrogen-bond acceptors (Lipinski definition) is 6. The summed E-state index contributed by atoms with van der Waals surface area (Å²) in [6.07, 6.45) is 0.237. The molecule has 2 rings (SSSR count). The molecule has 0 unspecified atom stereocenters. The van der Waals surface area contributed by atoms with Gasteiger partial charge < -0.3 is 19.0 Å². The van der Waals surface area contributed by atoms with Crippen LogP contribution in [-0.4, -0.2) is 37.8 Å². The summed E-state index contributed by atoms with van der Waals surface area (Å²) < 4.78 is 15.7. The Morgan fingerprint density at radius 2 is 2.09 bits per heavy atom. The molecule has 0 N–H and O–H groups in total. The van der Waals surface area contributed by atoms with E-state index in [1.807, 2.05) is 39.0 Å². The third kappa shape index (κ3) is 5.25. The van der Waals surface area contributed by atoms with E-state index < -0.39 is 5.60 Å². The highest BCUT2D eigenvalue weighted by Gasteiger charge is 2.22. The van der Waals surface area contributed by atoms with E-state index in [1.54, 1.807) is 7.11 Å². The Labute approximate surface area is 136 Å². The first-order valence-electron chi connectivity index (χ1n) is 7.55. The van der Waals surface area contributed by atoms with Gasteiger partial charge in [-0.3, -0.25) is 4.79 Å². The summed E-state index contributed by atoms with van der Waals surface area (Å²) in [5, 5.41) is 3.96. The third-order valence-corrected chi connectivity index (χ3v) is 3.06. The van der Waals surface area contributed by atoms with E-state index in [4.69, 9.17) is 19.0 Å². The molecule has 0 bridgehead atoms. The largest absolute Gasteiger partial charge is 0.470 e. The van der Waals surface area contributed by atoms with Crippen LogP contribution in [0.5, 0.6) is 0 Å². The fraction of sp³-hybridized carbons (Fsp3) is 0.529. The molecule has 1 aliphatic heterocycles. The van der Waals surface area contributed by atoms with E-state index >= 15 is 0 Å². The quantitative estimate of drug-likeness (QED) is 0.457. The fourth-order valence-electron chi connectivity index (χ4n) is 2.15. The average molecular weight is 321 g/mol. The maximum absolute atomic E-state index is 11.9. The lowest BCUT2D eigenvalue weighted by atomic mass is 10.0. The van der Waals surface area contributed by atoms with Gasteiger partial charge >= 0.3 is 5.97 Å². The SMILES string of the molecule is COCCO/N=C1\OCc2cc(CC(=O)OC(C)(C)C)ccc21. The van der Waals surface area contributed by atoms with Crippen molar-refractivity contribution in [2.24, 2.45) is 5.16 Å². The van der Waals surface area contributed by atoms with Crippen molar-refractivity contribution in [3.8, 4) is 0 Å². The van der Waals surface area contributed by atoms with Crippen LogP contribution in [0.25, 0.3) is 0 Å². The number of ether oxygens (including phenoxy) is 3. The van der Waals surface area contributed by atoms with E-state index in [-0.39, 0.29) is 12.4 Å². The molecule has 0 spiro atoms. The number of esters is 1. The maximum atomic E-state index is 11.9.